The predicted octanol–water partition coefficient (Wildman–Crippen LogP) is 4.04. The average Bonchev–Trinajstić information content (AvgIpc) is 2.68. The number of carbonyl (C=O) groups is 1. The van der Waals surface area contributed by atoms with E-state index in [1.807, 2.05) is 32.0 Å². The van der Waals surface area contributed by atoms with Gasteiger partial charge in [-0.3, -0.25) is 14.2 Å². The van der Waals surface area contributed by atoms with E-state index >= 15 is 0 Å². The molecule has 0 radical (unpaired) electrons. The van der Waals surface area contributed by atoms with Crippen LogP contribution in [0.5, 0.6) is 0 Å². The molecule has 29 heavy (non-hydrogen) atoms. The largest absolute Gasteiger partial charge is 0.383 e. The van der Waals surface area contributed by atoms with Crippen molar-refractivity contribution in [3.8, 4) is 0 Å². The number of benzene rings is 2. The Hall–Kier alpha value is -2.35. The number of methoxy groups -OCH3 is 1. The Morgan fingerprint density at radius 1 is 1.24 bits per heavy atom. The van der Waals surface area contributed by atoms with Crippen LogP contribution in [0.25, 0.3) is 10.9 Å². The Balaban J connectivity index is 1.85. The van der Waals surface area contributed by atoms with Crippen molar-refractivity contribution < 1.29 is 9.53 Å². The lowest BCUT2D eigenvalue weighted by Gasteiger charge is -2.13. The zero-order valence-corrected chi connectivity index (χ0v) is 18.1. The lowest BCUT2D eigenvalue weighted by molar-refractivity contribution is -0.113. The number of nitrogens with zero attached hydrogens (tertiary/aromatic N) is 2. The minimum absolute atomic E-state index is 0.124. The lowest BCUT2D eigenvalue weighted by Crippen LogP contribution is -2.26. The summed E-state index contributed by atoms with van der Waals surface area (Å²) in [5.74, 6) is -0.0405. The summed E-state index contributed by atoms with van der Waals surface area (Å²) in [6.07, 6.45) is 0. The first-order valence-electron chi connectivity index (χ1n) is 9.08. The topological polar surface area (TPSA) is 73.2 Å². The van der Waals surface area contributed by atoms with E-state index in [0.717, 1.165) is 16.8 Å². The van der Waals surface area contributed by atoms with Gasteiger partial charge in [-0.25, -0.2) is 4.98 Å². The lowest BCUT2D eigenvalue weighted by atomic mass is 10.1. The van der Waals surface area contributed by atoms with E-state index in [-0.39, 0.29) is 17.2 Å². The third-order valence-corrected chi connectivity index (χ3v) is 5.61. The smallest absolute Gasteiger partial charge is 0.262 e. The molecule has 1 heterocycles. The molecule has 8 heteroatoms. The van der Waals surface area contributed by atoms with Gasteiger partial charge < -0.3 is 10.1 Å². The van der Waals surface area contributed by atoms with Crippen molar-refractivity contribution in [1.82, 2.24) is 9.55 Å². The summed E-state index contributed by atoms with van der Waals surface area (Å²) < 4.78 is 6.66. The Morgan fingerprint density at radius 3 is 2.79 bits per heavy atom. The SMILES string of the molecule is COCCn1c(SCC(=O)Nc2cc(C)ccc2C)nc2cc(Cl)ccc2c1=O. The molecule has 3 rings (SSSR count). The van der Waals surface area contributed by atoms with E-state index in [1.54, 1.807) is 25.3 Å². The fourth-order valence-electron chi connectivity index (χ4n) is 2.85. The van der Waals surface area contributed by atoms with Crippen molar-refractivity contribution >= 4 is 45.9 Å². The molecule has 0 saturated carbocycles. The van der Waals surface area contributed by atoms with Crippen LogP contribution in [0.15, 0.2) is 46.3 Å². The Morgan fingerprint density at radius 2 is 2.03 bits per heavy atom. The number of aromatic nitrogens is 2. The average molecular weight is 432 g/mol. The summed E-state index contributed by atoms with van der Waals surface area (Å²) >= 11 is 7.26. The molecule has 0 fully saturated rings. The van der Waals surface area contributed by atoms with Crippen LogP contribution in [0.1, 0.15) is 11.1 Å². The zero-order valence-electron chi connectivity index (χ0n) is 16.5. The Labute approximate surface area is 178 Å². The van der Waals surface area contributed by atoms with Crippen molar-refractivity contribution in [2.45, 2.75) is 25.5 Å². The fraction of sp³-hybridized carbons (Fsp3) is 0.286. The van der Waals surface area contributed by atoms with Gasteiger partial charge in [0.25, 0.3) is 5.56 Å². The number of aryl methyl sites for hydroxylation is 2. The second-order valence-corrected chi connectivity index (χ2v) is 8.04. The van der Waals surface area contributed by atoms with Crippen molar-refractivity contribution in [2.24, 2.45) is 0 Å². The number of thioether (sulfide) groups is 1. The summed E-state index contributed by atoms with van der Waals surface area (Å²) in [5.41, 5.74) is 3.17. The van der Waals surface area contributed by atoms with Gasteiger partial charge in [0, 0.05) is 17.8 Å². The highest BCUT2D eigenvalue weighted by Gasteiger charge is 2.14. The van der Waals surface area contributed by atoms with Gasteiger partial charge in [-0.05, 0) is 49.2 Å². The number of anilines is 1. The van der Waals surface area contributed by atoms with Crippen LogP contribution in [-0.2, 0) is 16.1 Å². The zero-order chi connectivity index (χ0) is 21.0. The molecule has 152 valence electrons. The van der Waals surface area contributed by atoms with Crippen LogP contribution in [0.2, 0.25) is 5.02 Å². The molecule has 1 aromatic heterocycles. The second-order valence-electron chi connectivity index (χ2n) is 6.66. The molecule has 1 amide bonds. The van der Waals surface area contributed by atoms with Gasteiger partial charge >= 0.3 is 0 Å². The highest BCUT2D eigenvalue weighted by Crippen LogP contribution is 2.22. The molecule has 0 saturated heterocycles. The van der Waals surface area contributed by atoms with Crippen molar-refractivity contribution in [3.05, 3.63) is 62.9 Å². The summed E-state index contributed by atoms with van der Waals surface area (Å²) in [7, 11) is 1.57. The maximum atomic E-state index is 12.9. The first-order valence-corrected chi connectivity index (χ1v) is 10.4. The maximum Gasteiger partial charge on any atom is 0.262 e. The monoisotopic (exact) mass is 431 g/mol. The minimum atomic E-state index is -0.179. The van der Waals surface area contributed by atoms with Crippen LogP contribution in [0.4, 0.5) is 5.69 Å². The van der Waals surface area contributed by atoms with E-state index in [4.69, 9.17) is 16.3 Å². The van der Waals surface area contributed by atoms with Gasteiger partial charge in [0.15, 0.2) is 5.16 Å². The molecule has 0 aliphatic carbocycles. The van der Waals surface area contributed by atoms with Gasteiger partial charge in [-0.15, -0.1) is 0 Å². The molecule has 2 aromatic carbocycles. The second kappa shape index (κ2) is 9.43. The summed E-state index contributed by atoms with van der Waals surface area (Å²) in [4.78, 5) is 29.9. The van der Waals surface area contributed by atoms with Crippen molar-refractivity contribution in [2.75, 3.05) is 24.8 Å². The molecule has 0 aliphatic heterocycles. The standard InChI is InChI=1S/C21H22ClN3O3S/c1-13-4-5-14(2)17(10-13)23-19(26)12-29-21-24-18-11-15(22)6-7-16(18)20(27)25(21)8-9-28-3/h4-7,10-11H,8-9,12H2,1-3H3,(H,23,26). The third kappa shape index (κ3) is 5.18. The minimum Gasteiger partial charge on any atom is -0.383 e. The van der Waals surface area contributed by atoms with Gasteiger partial charge in [0.1, 0.15) is 0 Å². The fourth-order valence-corrected chi connectivity index (χ4v) is 3.84. The van der Waals surface area contributed by atoms with Gasteiger partial charge in [0.05, 0.1) is 29.8 Å². The Kier molecular flexibility index (Phi) is 6.95. The van der Waals surface area contributed by atoms with Crippen LogP contribution in [-0.4, -0.2) is 34.9 Å². The number of halogens is 1. The summed E-state index contributed by atoms with van der Waals surface area (Å²) in [6.45, 7) is 4.63. The van der Waals surface area contributed by atoms with Crippen LogP contribution in [0, 0.1) is 13.8 Å². The van der Waals surface area contributed by atoms with Gasteiger partial charge in [0.2, 0.25) is 5.91 Å². The van der Waals surface area contributed by atoms with Crippen molar-refractivity contribution in [3.63, 3.8) is 0 Å². The van der Waals surface area contributed by atoms with Gasteiger partial charge in [-0.1, -0.05) is 35.5 Å². The summed E-state index contributed by atoms with van der Waals surface area (Å²) in [6, 6.07) is 10.9. The first-order chi connectivity index (χ1) is 13.9. The number of carbonyl (C=O) groups excluding carboxylic acids is 1. The van der Waals surface area contributed by atoms with E-state index < -0.39 is 0 Å². The molecule has 0 atom stereocenters. The molecule has 0 unspecified atom stereocenters. The maximum absolute atomic E-state index is 12.9. The highest BCUT2D eigenvalue weighted by atomic mass is 35.5. The Bertz CT molecular complexity index is 1110. The number of hydrogen-bond donors (Lipinski definition) is 1. The molecule has 0 aliphatic rings. The van der Waals surface area contributed by atoms with E-state index in [0.29, 0.717) is 34.2 Å². The number of amides is 1. The third-order valence-electron chi connectivity index (χ3n) is 4.40. The predicted molar refractivity (Wildman–Crippen MR) is 118 cm³/mol. The number of rotatable bonds is 7. The van der Waals surface area contributed by atoms with Gasteiger partial charge in [-0.2, -0.15) is 0 Å². The molecule has 6 nitrogen and oxygen atoms in total. The molecule has 0 bridgehead atoms. The molecule has 1 N–H and O–H groups in total. The van der Waals surface area contributed by atoms with Crippen LogP contribution in [0.3, 0.4) is 0 Å². The molecule has 3 aromatic rings. The highest BCUT2D eigenvalue weighted by molar-refractivity contribution is 7.99. The van der Waals surface area contributed by atoms with E-state index in [9.17, 15) is 9.59 Å². The molecular weight excluding hydrogens is 410 g/mol. The number of hydrogen-bond acceptors (Lipinski definition) is 5. The summed E-state index contributed by atoms with van der Waals surface area (Å²) in [5, 5.41) is 4.36. The number of nitrogens with one attached hydrogen (secondary N) is 1. The molecular formula is C21H22ClN3O3S. The molecule has 0 spiro atoms. The van der Waals surface area contributed by atoms with E-state index in [2.05, 4.69) is 10.3 Å². The van der Waals surface area contributed by atoms with Crippen LogP contribution >= 0.6 is 23.4 Å². The number of ether oxygens (including phenoxy) is 1. The van der Waals surface area contributed by atoms with Crippen molar-refractivity contribution in [1.29, 1.82) is 0 Å². The normalized spacial score (nSPS) is 11.0. The van der Waals surface area contributed by atoms with Crippen LogP contribution < -0.4 is 10.9 Å². The first kappa shape index (κ1) is 21.4. The quantitative estimate of drug-likeness (QED) is 0.451. The van der Waals surface area contributed by atoms with E-state index in [1.165, 1.54) is 16.3 Å². The number of fused-ring (bicyclic) bond motifs is 1.